The number of aryl methyl sites for hydroxylation is 1. The number of anilines is 2. The highest BCUT2D eigenvalue weighted by atomic mass is 32.2. The first-order valence-corrected chi connectivity index (χ1v) is 14.5. The summed E-state index contributed by atoms with van der Waals surface area (Å²) in [6.45, 7) is -0.204. The van der Waals surface area contributed by atoms with Crippen molar-refractivity contribution in [1.29, 1.82) is 0 Å². The summed E-state index contributed by atoms with van der Waals surface area (Å²) >= 11 is 0. The molecule has 4 heterocycles. The number of nitrogens with two attached hydrogens (primary N) is 2. The van der Waals surface area contributed by atoms with Crippen LogP contribution in [0.1, 0.15) is 12.8 Å². The van der Waals surface area contributed by atoms with E-state index in [-0.39, 0.29) is 41.3 Å². The fourth-order valence-corrected chi connectivity index (χ4v) is 5.76. The SMILES string of the molecule is Nc1nc2cc(-c3nn(CCCC(=O)OCCOc4no[n+]([O-])c4S(=O)(=O)c4ccccc4)c4ncnc(N)c34)ccc2o1. The van der Waals surface area contributed by atoms with Crippen molar-refractivity contribution < 1.29 is 36.6 Å². The number of carbonyl (C=O) groups excluding carboxylic acids is 1. The summed E-state index contributed by atoms with van der Waals surface area (Å²) in [7, 11) is -4.27. The quantitative estimate of drug-likeness (QED) is 0.119. The highest BCUT2D eigenvalue weighted by molar-refractivity contribution is 7.91. The summed E-state index contributed by atoms with van der Waals surface area (Å²) < 4.78 is 47.5. The Balaban J connectivity index is 1.06. The van der Waals surface area contributed by atoms with E-state index >= 15 is 0 Å². The molecule has 226 valence electrons. The Kier molecular flexibility index (Phi) is 7.39. The van der Waals surface area contributed by atoms with E-state index in [1.165, 1.54) is 30.6 Å². The first kappa shape index (κ1) is 28.3. The molecule has 0 saturated carbocycles. The molecular weight excluding hydrogens is 598 g/mol. The van der Waals surface area contributed by atoms with Crippen LogP contribution < -0.4 is 21.1 Å². The number of ether oxygens (including phenoxy) is 2. The van der Waals surface area contributed by atoms with E-state index in [1.807, 2.05) is 0 Å². The number of aromatic nitrogens is 7. The lowest BCUT2D eigenvalue weighted by Gasteiger charge is -2.06. The number of hydrogen-bond donors (Lipinski definition) is 2. The second kappa shape index (κ2) is 11.5. The maximum atomic E-state index is 12.8. The maximum Gasteiger partial charge on any atom is 0.415 e. The van der Waals surface area contributed by atoms with Crippen LogP contribution in [0, 0.1) is 5.21 Å². The summed E-state index contributed by atoms with van der Waals surface area (Å²) in [6.07, 6.45) is 1.70. The van der Waals surface area contributed by atoms with E-state index in [0.717, 1.165) is 0 Å². The van der Waals surface area contributed by atoms with E-state index in [0.29, 0.717) is 46.4 Å². The standard InChI is InChI=1S/C26H23N9O8S/c27-22-20-21(15-8-9-18-17(13-15)31-26(28)42-18)32-34(23(20)30-14-29-22)10-4-7-19(36)40-11-12-41-24-25(35(37)43-33-24)44(38,39)16-5-2-1-3-6-16/h1-3,5-6,8-9,13-14H,4,7,10-12H2,(H2,28,31)(H2,27,29,30). The van der Waals surface area contributed by atoms with Crippen molar-refractivity contribution in [3.05, 3.63) is 60.1 Å². The molecule has 0 unspecified atom stereocenters. The first-order chi connectivity index (χ1) is 21.2. The fourth-order valence-electron chi connectivity index (χ4n) is 4.46. The maximum absolute atomic E-state index is 12.8. The number of rotatable bonds is 11. The lowest BCUT2D eigenvalue weighted by atomic mass is 10.1. The zero-order valence-corrected chi connectivity index (χ0v) is 23.5. The van der Waals surface area contributed by atoms with Gasteiger partial charge in [-0.2, -0.15) is 10.1 Å². The predicted molar refractivity (Wildman–Crippen MR) is 150 cm³/mol. The second-order valence-electron chi connectivity index (χ2n) is 9.29. The first-order valence-electron chi connectivity index (χ1n) is 13.0. The van der Waals surface area contributed by atoms with Crippen LogP contribution in [0.3, 0.4) is 0 Å². The van der Waals surface area contributed by atoms with Crippen molar-refractivity contribution in [1.82, 2.24) is 29.9 Å². The number of hydrogen-bond acceptors (Lipinski definition) is 15. The second-order valence-corrected chi connectivity index (χ2v) is 11.2. The normalized spacial score (nSPS) is 11.7. The molecular formula is C26H23N9O8S. The monoisotopic (exact) mass is 621 g/mol. The number of nitrogen functional groups attached to an aromatic ring is 2. The molecule has 17 nitrogen and oxygen atoms in total. The Hall–Kier alpha value is -5.78. The highest BCUT2D eigenvalue weighted by Gasteiger charge is 2.35. The third-order valence-electron chi connectivity index (χ3n) is 6.43. The molecule has 0 aliphatic heterocycles. The Morgan fingerprint density at radius 3 is 2.73 bits per heavy atom. The van der Waals surface area contributed by atoms with Crippen LogP contribution in [0.5, 0.6) is 5.88 Å². The van der Waals surface area contributed by atoms with E-state index in [9.17, 15) is 18.4 Å². The third kappa shape index (κ3) is 5.40. The van der Waals surface area contributed by atoms with Gasteiger partial charge >= 0.3 is 16.9 Å². The van der Waals surface area contributed by atoms with Crippen molar-refractivity contribution in [2.24, 2.45) is 0 Å². The molecule has 0 radical (unpaired) electrons. The number of oxazole rings is 1. The number of esters is 1. The van der Waals surface area contributed by atoms with Crippen LogP contribution in [-0.2, 0) is 25.9 Å². The van der Waals surface area contributed by atoms with Gasteiger partial charge in [0, 0.05) is 18.5 Å². The number of benzene rings is 2. The number of fused-ring (bicyclic) bond motifs is 2. The molecule has 44 heavy (non-hydrogen) atoms. The zero-order valence-electron chi connectivity index (χ0n) is 22.7. The molecule has 0 aliphatic rings. The molecule has 0 aliphatic carbocycles. The average Bonchev–Trinajstić information content (AvgIpc) is 3.70. The van der Waals surface area contributed by atoms with Gasteiger partial charge in [-0.3, -0.25) is 9.42 Å². The smallest absolute Gasteiger partial charge is 0.415 e. The molecule has 6 rings (SSSR count). The van der Waals surface area contributed by atoms with Gasteiger partial charge in [-0.25, -0.2) is 23.1 Å². The molecule has 4 aromatic heterocycles. The van der Waals surface area contributed by atoms with Crippen molar-refractivity contribution in [2.45, 2.75) is 29.3 Å². The minimum atomic E-state index is -4.27. The van der Waals surface area contributed by atoms with E-state index in [4.69, 9.17) is 25.4 Å². The van der Waals surface area contributed by atoms with Crippen molar-refractivity contribution in [3.8, 4) is 17.1 Å². The molecule has 0 saturated heterocycles. The summed E-state index contributed by atoms with van der Waals surface area (Å²) in [5.74, 6) is -0.844. The van der Waals surface area contributed by atoms with Gasteiger partial charge in [0.25, 0.3) is 15.9 Å². The Labute approximate surface area is 247 Å². The number of sulfone groups is 1. The third-order valence-corrected chi connectivity index (χ3v) is 8.15. The molecule has 0 fully saturated rings. The van der Waals surface area contributed by atoms with Crippen molar-refractivity contribution >= 4 is 49.8 Å². The molecule has 18 heteroatoms. The van der Waals surface area contributed by atoms with Gasteiger partial charge in [0.15, 0.2) is 11.2 Å². The average molecular weight is 622 g/mol. The fraction of sp³-hybridized carbons (Fsp3) is 0.192. The summed E-state index contributed by atoms with van der Waals surface area (Å²) in [5.41, 5.74) is 14.6. The minimum Gasteiger partial charge on any atom is -0.462 e. The zero-order chi connectivity index (χ0) is 30.8. The Bertz CT molecular complexity index is 2090. The lowest BCUT2D eigenvalue weighted by molar-refractivity contribution is -0.832. The van der Waals surface area contributed by atoms with E-state index < -0.39 is 26.7 Å². The lowest BCUT2D eigenvalue weighted by Crippen LogP contribution is -2.31. The Morgan fingerprint density at radius 1 is 1.09 bits per heavy atom. The number of carbonyl (C=O) groups is 1. The molecule has 2 aromatic carbocycles. The van der Waals surface area contributed by atoms with Crippen LogP contribution >= 0.6 is 0 Å². The molecule has 0 atom stereocenters. The topological polar surface area (TPSA) is 244 Å². The summed E-state index contributed by atoms with van der Waals surface area (Å²) in [6, 6.07) is 12.6. The van der Waals surface area contributed by atoms with Crippen LogP contribution in [0.2, 0.25) is 0 Å². The van der Waals surface area contributed by atoms with Crippen molar-refractivity contribution in [2.75, 3.05) is 24.7 Å². The van der Waals surface area contributed by atoms with Crippen LogP contribution in [0.15, 0.2) is 73.8 Å². The Morgan fingerprint density at radius 2 is 1.91 bits per heavy atom. The summed E-state index contributed by atoms with van der Waals surface area (Å²) in [4.78, 5) is 24.5. The van der Waals surface area contributed by atoms with Crippen LogP contribution in [-0.4, -0.2) is 57.5 Å². The highest BCUT2D eigenvalue weighted by Crippen LogP contribution is 2.32. The van der Waals surface area contributed by atoms with Gasteiger partial charge in [0.05, 0.1) is 15.4 Å². The molecule has 4 N–H and O–H groups in total. The van der Waals surface area contributed by atoms with Gasteiger partial charge in [-0.15, -0.1) is 0 Å². The van der Waals surface area contributed by atoms with E-state index in [2.05, 4.69) is 29.8 Å². The van der Waals surface area contributed by atoms with Gasteiger partial charge < -0.3 is 30.6 Å². The number of nitrogens with zero attached hydrogens (tertiary/aromatic N) is 7. The van der Waals surface area contributed by atoms with Gasteiger partial charge in [0.2, 0.25) is 0 Å². The minimum absolute atomic E-state index is 0.0274. The largest absolute Gasteiger partial charge is 0.462 e. The van der Waals surface area contributed by atoms with Gasteiger partial charge in [-0.05, 0) is 41.7 Å². The van der Waals surface area contributed by atoms with Crippen molar-refractivity contribution in [3.63, 3.8) is 0 Å². The van der Waals surface area contributed by atoms with Crippen LogP contribution in [0.4, 0.5) is 11.8 Å². The van der Waals surface area contributed by atoms with Gasteiger partial charge in [0.1, 0.15) is 36.6 Å². The molecule has 0 amide bonds. The van der Waals surface area contributed by atoms with Gasteiger partial charge in [-0.1, -0.05) is 18.2 Å². The predicted octanol–water partition coefficient (Wildman–Crippen LogP) is 1.66. The summed E-state index contributed by atoms with van der Waals surface area (Å²) in [5, 5.41) is 19.8. The molecule has 6 aromatic rings. The van der Waals surface area contributed by atoms with Crippen LogP contribution in [0.25, 0.3) is 33.4 Å². The molecule has 0 bridgehead atoms. The molecule has 0 spiro atoms. The van der Waals surface area contributed by atoms with E-state index in [1.54, 1.807) is 28.9 Å².